The van der Waals surface area contributed by atoms with Crippen LogP contribution >= 0.6 is 0 Å². The van der Waals surface area contributed by atoms with E-state index in [1.807, 2.05) is 0 Å². The lowest BCUT2D eigenvalue weighted by atomic mass is 9.95. The van der Waals surface area contributed by atoms with Crippen LogP contribution in [0.3, 0.4) is 0 Å². The van der Waals surface area contributed by atoms with Gasteiger partial charge in [0.2, 0.25) is 0 Å². The molecule has 0 bridgehead atoms. The zero-order valence-corrected chi connectivity index (χ0v) is 11.9. The Kier molecular flexibility index (Phi) is 8.02. The van der Waals surface area contributed by atoms with Crippen molar-refractivity contribution in [3.8, 4) is 0 Å². The van der Waals surface area contributed by atoms with Crippen molar-refractivity contribution in [2.24, 2.45) is 5.92 Å². The van der Waals surface area contributed by atoms with Crippen LogP contribution in [0.1, 0.15) is 47.0 Å². The third kappa shape index (κ3) is 6.48. The fourth-order valence-electron chi connectivity index (χ4n) is 1.82. The van der Waals surface area contributed by atoms with E-state index < -0.39 is 9.84 Å². The maximum Gasteiger partial charge on any atom is 0.150 e. The van der Waals surface area contributed by atoms with Gasteiger partial charge in [-0.15, -0.1) is 0 Å². The second-order valence-corrected chi connectivity index (χ2v) is 6.91. The predicted molar refractivity (Wildman–Crippen MR) is 70.5 cm³/mol. The summed E-state index contributed by atoms with van der Waals surface area (Å²) in [5.41, 5.74) is 0. The normalized spacial score (nSPS) is 16.0. The van der Waals surface area contributed by atoms with Crippen molar-refractivity contribution < 1.29 is 8.42 Å². The van der Waals surface area contributed by atoms with Crippen molar-refractivity contribution >= 4 is 9.84 Å². The van der Waals surface area contributed by atoms with Crippen molar-refractivity contribution in [1.82, 2.24) is 5.32 Å². The highest BCUT2D eigenvalue weighted by Crippen LogP contribution is 2.15. The molecule has 0 aliphatic rings. The molecule has 0 radical (unpaired) electrons. The molecule has 0 aliphatic carbocycles. The van der Waals surface area contributed by atoms with E-state index in [4.69, 9.17) is 0 Å². The Morgan fingerprint density at radius 2 is 1.81 bits per heavy atom. The van der Waals surface area contributed by atoms with E-state index in [0.29, 0.717) is 17.7 Å². The molecular formula is C12H27NO2S. The van der Waals surface area contributed by atoms with Crippen LogP contribution < -0.4 is 5.32 Å². The maximum absolute atomic E-state index is 11.4. The van der Waals surface area contributed by atoms with Gasteiger partial charge in [-0.2, -0.15) is 0 Å². The molecule has 0 amide bonds. The van der Waals surface area contributed by atoms with Gasteiger partial charge in [0.05, 0.1) is 5.75 Å². The first-order valence-corrected chi connectivity index (χ1v) is 8.22. The third-order valence-corrected chi connectivity index (χ3v) is 4.92. The van der Waals surface area contributed by atoms with Crippen LogP contribution in [0.4, 0.5) is 0 Å². The van der Waals surface area contributed by atoms with Gasteiger partial charge in [0.25, 0.3) is 0 Å². The number of hydrogen-bond donors (Lipinski definition) is 1. The van der Waals surface area contributed by atoms with Gasteiger partial charge in [-0.3, -0.25) is 0 Å². The van der Waals surface area contributed by atoms with Gasteiger partial charge in [0.1, 0.15) is 9.84 Å². The van der Waals surface area contributed by atoms with Crippen molar-refractivity contribution in [3.63, 3.8) is 0 Å². The lowest BCUT2D eigenvalue weighted by Crippen LogP contribution is -2.34. The molecule has 0 spiro atoms. The molecular weight excluding hydrogens is 222 g/mol. The minimum Gasteiger partial charge on any atom is -0.314 e. The molecule has 0 aromatic heterocycles. The predicted octanol–water partition coefficient (Wildman–Crippen LogP) is 2.23. The zero-order chi connectivity index (χ0) is 12.6. The molecule has 3 nitrogen and oxygen atoms in total. The first kappa shape index (κ1) is 15.9. The largest absolute Gasteiger partial charge is 0.314 e. The number of hydrogen-bond acceptors (Lipinski definition) is 3. The fourth-order valence-corrected chi connectivity index (χ4v) is 2.77. The molecule has 0 aromatic rings. The average molecular weight is 249 g/mol. The van der Waals surface area contributed by atoms with E-state index in [9.17, 15) is 8.42 Å². The SMILES string of the molecule is CCCNC(C)C(CC)CCS(=O)(=O)CC. The monoisotopic (exact) mass is 249 g/mol. The Morgan fingerprint density at radius 1 is 1.19 bits per heavy atom. The standard InChI is InChI=1S/C12H27NO2S/c1-5-9-13-11(4)12(6-2)8-10-16(14,15)7-3/h11-13H,5-10H2,1-4H3. The number of rotatable bonds is 9. The second kappa shape index (κ2) is 8.07. The summed E-state index contributed by atoms with van der Waals surface area (Å²) < 4.78 is 22.9. The molecule has 0 saturated heterocycles. The van der Waals surface area contributed by atoms with Crippen molar-refractivity contribution in [3.05, 3.63) is 0 Å². The van der Waals surface area contributed by atoms with Crippen LogP contribution in [0.15, 0.2) is 0 Å². The van der Waals surface area contributed by atoms with Gasteiger partial charge in [-0.1, -0.05) is 27.2 Å². The summed E-state index contributed by atoms with van der Waals surface area (Å²) in [7, 11) is -2.81. The molecule has 0 saturated carbocycles. The van der Waals surface area contributed by atoms with Crippen LogP contribution in [-0.2, 0) is 9.84 Å². The lowest BCUT2D eigenvalue weighted by Gasteiger charge is -2.23. The van der Waals surface area contributed by atoms with Gasteiger partial charge in [-0.25, -0.2) is 8.42 Å². The molecule has 0 aliphatic heterocycles. The van der Waals surface area contributed by atoms with Crippen LogP contribution in [0.25, 0.3) is 0 Å². The summed E-state index contributed by atoms with van der Waals surface area (Å²) in [6.45, 7) is 9.16. The molecule has 0 fully saturated rings. The molecule has 16 heavy (non-hydrogen) atoms. The van der Waals surface area contributed by atoms with E-state index in [2.05, 4.69) is 26.1 Å². The smallest absolute Gasteiger partial charge is 0.150 e. The van der Waals surface area contributed by atoms with E-state index in [0.717, 1.165) is 25.8 Å². The zero-order valence-electron chi connectivity index (χ0n) is 11.1. The van der Waals surface area contributed by atoms with E-state index in [1.165, 1.54) is 0 Å². The Bertz CT molecular complexity index is 262. The summed E-state index contributed by atoms with van der Waals surface area (Å²) >= 11 is 0. The molecule has 0 rings (SSSR count). The summed E-state index contributed by atoms with van der Waals surface area (Å²) in [6, 6.07) is 0.414. The Morgan fingerprint density at radius 3 is 2.25 bits per heavy atom. The quantitative estimate of drug-likeness (QED) is 0.681. The summed E-state index contributed by atoms with van der Waals surface area (Å²) in [5.74, 6) is 1.06. The topological polar surface area (TPSA) is 46.2 Å². The maximum atomic E-state index is 11.4. The molecule has 1 N–H and O–H groups in total. The molecule has 98 valence electrons. The molecule has 0 aromatic carbocycles. The van der Waals surface area contributed by atoms with Crippen LogP contribution in [0.2, 0.25) is 0 Å². The van der Waals surface area contributed by atoms with Gasteiger partial charge in [0, 0.05) is 11.8 Å². The Balaban J connectivity index is 4.09. The van der Waals surface area contributed by atoms with Gasteiger partial charge >= 0.3 is 0 Å². The first-order chi connectivity index (χ1) is 7.46. The highest BCUT2D eigenvalue weighted by Gasteiger charge is 2.17. The van der Waals surface area contributed by atoms with Crippen molar-refractivity contribution in [1.29, 1.82) is 0 Å². The van der Waals surface area contributed by atoms with Crippen molar-refractivity contribution in [2.75, 3.05) is 18.1 Å². The van der Waals surface area contributed by atoms with Gasteiger partial charge < -0.3 is 5.32 Å². The number of nitrogens with one attached hydrogen (secondary N) is 1. The minimum atomic E-state index is -2.81. The third-order valence-electron chi connectivity index (χ3n) is 3.19. The van der Waals surface area contributed by atoms with E-state index in [1.54, 1.807) is 6.92 Å². The molecule has 2 unspecified atom stereocenters. The molecule has 4 heteroatoms. The highest BCUT2D eigenvalue weighted by atomic mass is 32.2. The summed E-state index contributed by atoms with van der Waals surface area (Å²) in [4.78, 5) is 0. The summed E-state index contributed by atoms with van der Waals surface area (Å²) in [5, 5.41) is 3.44. The fraction of sp³-hybridized carbons (Fsp3) is 1.00. The molecule has 0 heterocycles. The van der Waals surface area contributed by atoms with Crippen LogP contribution in [-0.4, -0.2) is 32.5 Å². The first-order valence-electron chi connectivity index (χ1n) is 6.40. The van der Waals surface area contributed by atoms with Crippen molar-refractivity contribution in [2.45, 2.75) is 53.0 Å². The van der Waals surface area contributed by atoms with Gasteiger partial charge in [0.15, 0.2) is 0 Å². The number of sulfone groups is 1. The average Bonchev–Trinajstić information content (AvgIpc) is 2.27. The van der Waals surface area contributed by atoms with E-state index >= 15 is 0 Å². The molecule has 2 atom stereocenters. The summed E-state index contributed by atoms with van der Waals surface area (Å²) in [6.07, 6.45) is 2.94. The lowest BCUT2D eigenvalue weighted by molar-refractivity contribution is 0.355. The van der Waals surface area contributed by atoms with Crippen LogP contribution in [0, 0.1) is 5.92 Å². The minimum absolute atomic E-state index is 0.264. The van der Waals surface area contributed by atoms with Crippen LogP contribution in [0.5, 0.6) is 0 Å². The highest BCUT2D eigenvalue weighted by molar-refractivity contribution is 7.91. The Hall–Kier alpha value is -0.0900. The van der Waals surface area contributed by atoms with Gasteiger partial charge in [-0.05, 0) is 32.2 Å². The second-order valence-electron chi connectivity index (χ2n) is 4.44. The van der Waals surface area contributed by atoms with E-state index in [-0.39, 0.29) is 5.75 Å². The Labute approximate surface area is 101 Å².